The molecular formula is C12H20N2O2. The molecule has 0 radical (unpaired) electrons. The standard InChI is InChI=1S/C12H20N2O2/c1-7-8(2)12(16)14(11(7)15)10-5-3-9(13)4-6-10/h7-10H,3-6,13H2,1-2H3. The Labute approximate surface area is 96.2 Å². The zero-order valence-electron chi connectivity index (χ0n) is 9.98. The summed E-state index contributed by atoms with van der Waals surface area (Å²) >= 11 is 0. The van der Waals surface area contributed by atoms with Crippen molar-refractivity contribution in [1.82, 2.24) is 4.90 Å². The number of nitrogens with two attached hydrogens (primary N) is 1. The van der Waals surface area contributed by atoms with Crippen molar-refractivity contribution in [3.8, 4) is 0 Å². The molecule has 4 heteroatoms. The van der Waals surface area contributed by atoms with E-state index in [2.05, 4.69) is 0 Å². The number of likely N-dealkylation sites (tertiary alicyclic amines) is 1. The second kappa shape index (κ2) is 4.17. The van der Waals surface area contributed by atoms with Crippen molar-refractivity contribution < 1.29 is 9.59 Å². The van der Waals surface area contributed by atoms with Gasteiger partial charge < -0.3 is 5.73 Å². The predicted octanol–water partition coefficient (Wildman–Crippen LogP) is 0.897. The molecule has 2 rings (SSSR count). The number of imide groups is 1. The van der Waals surface area contributed by atoms with E-state index in [1.54, 1.807) is 0 Å². The molecule has 0 aromatic rings. The van der Waals surface area contributed by atoms with Crippen molar-refractivity contribution in [1.29, 1.82) is 0 Å². The minimum Gasteiger partial charge on any atom is -0.328 e. The van der Waals surface area contributed by atoms with Crippen LogP contribution in [0.25, 0.3) is 0 Å². The van der Waals surface area contributed by atoms with Crippen LogP contribution in [0.1, 0.15) is 39.5 Å². The molecule has 16 heavy (non-hydrogen) atoms. The summed E-state index contributed by atoms with van der Waals surface area (Å²) in [5.41, 5.74) is 5.83. The summed E-state index contributed by atoms with van der Waals surface area (Å²) in [5, 5.41) is 0. The second-order valence-corrected chi connectivity index (χ2v) is 5.19. The van der Waals surface area contributed by atoms with Gasteiger partial charge in [-0.2, -0.15) is 0 Å². The van der Waals surface area contributed by atoms with Gasteiger partial charge in [0.15, 0.2) is 0 Å². The van der Waals surface area contributed by atoms with E-state index in [1.807, 2.05) is 13.8 Å². The lowest BCUT2D eigenvalue weighted by molar-refractivity contribution is -0.143. The van der Waals surface area contributed by atoms with Crippen LogP contribution < -0.4 is 5.73 Å². The summed E-state index contributed by atoms with van der Waals surface area (Å²) in [6, 6.07) is 0.353. The Morgan fingerprint density at radius 3 is 1.88 bits per heavy atom. The molecule has 1 heterocycles. The van der Waals surface area contributed by atoms with Crippen LogP contribution in [0.5, 0.6) is 0 Å². The van der Waals surface area contributed by atoms with Gasteiger partial charge in [-0.1, -0.05) is 13.8 Å². The molecule has 0 spiro atoms. The van der Waals surface area contributed by atoms with E-state index in [1.165, 1.54) is 4.90 Å². The average molecular weight is 224 g/mol. The number of amides is 2. The largest absolute Gasteiger partial charge is 0.328 e. The third-order valence-corrected chi connectivity index (χ3v) is 4.11. The number of hydrogen-bond donors (Lipinski definition) is 1. The van der Waals surface area contributed by atoms with Gasteiger partial charge in [0.25, 0.3) is 0 Å². The summed E-state index contributed by atoms with van der Waals surface area (Å²) in [5.74, 6) is -0.276. The van der Waals surface area contributed by atoms with Crippen LogP contribution in [-0.4, -0.2) is 28.8 Å². The Balaban J connectivity index is 2.10. The Morgan fingerprint density at radius 1 is 1.00 bits per heavy atom. The number of nitrogens with zero attached hydrogens (tertiary/aromatic N) is 1. The highest BCUT2D eigenvalue weighted by molar-refractivity contribution is 6.05. The summed E-state index contributed by atoms with van der Waals surface area (Å²) in [4.78, 5) is 25.5. The number of hydrogen-bond acceptors (Lipinski definition) is 3. The highest BCUT2D eigenvalue weighted by Gasteiger charge is 2.45. The topological polar surface area (TPSA) is 63.4 Å². The summed E-state index contributed by atoms with van der Waals surface area (Å²) in [6.07, 6.45) is 3.59. The quantitative estimate of drug-likeness (QED) is 0.673. The molecule has 90 valence electrons. The van der Waals surface area contributed by atoms with E-state index < -0.39 is 0 Å². The maximum atomic E-state index is 12.0. The van der Waals surface area contributed by atoms with Gasteiger partial charge in [0.05, 0.1) is 0 Å². The minimum absolute atomic E-state index is 0.0120. The number of carbonyl (C=O) groups is 2. The zero-order chi connectivity index (χ0) is 11.9. The Morgan fingerprint density at radius 2 is 1.44 bits per heavy atom. The van der Waals surface area contributed by atoms with Crippen LogP contribution in [0.3, 0.4) is 0 Å². The van der Waals surface area contributed by atoms with Crippen molar-refractivity contribution in [2.75, 3.05) is 0 Å². The van der Waals surface area contributed by atoms with Crippen molar-refractivity contribution in [2.45, 2.75) is 51.6 Å². The lowest BCUT2D eigenvalue weighted by Gasteiger charge is -2.32. The smallest absolute Gasteiger partial charge is 0.233 e. The maximum Gasteiger partial charge on any atom is 0.233 e. The summed E-state index contributed by atoms with van der Waals surface area (Å²) < 4.78 is 0. The van der Waals surface area contributed by atoms with E-state index in [0.717, 1.165) is 25.7 Å². The molecule has 0 aromatic carbocycles. The van der Waals surface area contributed by atoms with Gasteiger partial charge in [-0.25, -0.2) is 0 Å². The normalized spacial score (nSPS) is 40.6. The molecule has 1 aliphatic heterocycles. The molecule has 2 fully saturated rings. The molecule has 0 bridgehead atoms. The van der Waals surface area contributed by atoms with Crippen LogP contribution >= 0.6 is 0 Å². The zero-order valence-corrected chi connectivity index (χ0v) is 9.98. The van der Waals surface area contributed by atoms with Crippen LogP contribution in [-0.2, 0) is 9.59 Å². The van der Waals surface area contributed by atoms with Crippen molar-refractivity contribution in [3.05, 3.63) is 0 Å². The third kappa shape index (κ3) is 1.75. The molecule has 1 aliphatic carbocycles. The molecule has 2 unspecified atom stereocenters. The molecule has 2 N–H and O–H groups in total. The van der Waals surface area contributed by atoms with E-state index in [0.29, 0.717) is 0 Å². The van der Waals surface area contributed by atoms with Gasteiger partial charge >= 0.3 is 0 Å². The number of carbonyl (C=O) groups excluding carboxylic acids is 2. The second-order valence-electron chi connectivity index (χ2n) is 5.19. The molecule has 1 saturated carbocycles. The maximum absolute atomic E-state index is 12.0. The third-order valence-electron chi connectivity index (χ3n) is 4.11. The van der Waals surface area contributed by atoms with Crippen LogP contribution in [0.2, 0.25) is 0 Å². The fourth-order valence-electron chi connectivity index (χ4n) is 2.69. The Hall–Kier alpha value is -0.900. The van der Waals surface area contributed by atoms with E-state index in [9.17, 15) is 9.59 Å². The molecule has 2 atom stereocenters. The fraction of sp³-hybridized carbons (Fsp3) is 0.833. The van der Waals surface area contributed by atoms with Crippen LogP contribution in [0.15, 0.2) is 0 Å². The first-order valence-corrected chi connectivity index (χ1v) is 6.15. The lowest BCUT2D eigenvalue weighted by Crippen LogP contribution is -2.44. The highest BCUT2D eigenvalue weighted by atomic mass is 16.2. The summed E-state index contributed by atoms with van der Waals surface area (Å²) in [7, 11) is 0. The SMILES string of the molecule is CC1C(=O)N(C2CCC(N)CC2)C(=O)C1C. The summed E-state index contributed by atoms with van der Waals surface area (Å²) in [6.45, 7) is 3.69. The van der Waals surface area contributed by atoms with Gasteiger partial charge in [0.2, 0.25) is 11.8 Å². The first-order chi connectivity index (χ1) is 7.52. The lowest BCUT2D eigenvalue weighted by atomic mass is 9.91. The Bertz CT molecular complexity index is 288. The van der Waals surface area contributed by atoms with E-state index in [-0.39, 0.29) is 35.7 Å². The van der Waals surface area contributed by atoms with Crippen molar-refractivity contribution in [2.24, 2.45) is 17.6 Å². The number of rotatable bonds is 1. The predicted molar refractivity (Wildman–Crippen MR) is 60.4 cm³/mol. The first-order valence-electron chi connectivity index (χ1n) is 6.15. The van der Waals surface area contributed by atoms with Gasteiger partial charge in [0.1, 0.15) is 0 Å². The molecule has 2 aliphatic rings. The first kappa shape index (κ1) is 11.6. The molecule has 2 amide bonds. The molecule has 1 saturated heterocycles. The average Bonchev–Trinajstić information content (AvgIpc) is 2.46. The minimum atomic E-state index is -0.150. The van der Waals surface area contributed by atoms with Crippen molar-refractivity contribution >= 4 is 11.8 Å². The van der Waals surface area contributed by atoms with Crippen LogP contribution in [0.4, 0.5) is 0 Å². The van der Waals surface area contributed by atoms with E-state index >= 15 is 0 Å². The molecular weight excluding hydrogens is 204 g/mol. The highest BCUT2D eigenvalue weighted by Crippen LogP contribution is 2.32. The molecule has 0 aromatic heterocycles. The van der Waals surface area contributed by atoms with Gasteiger partial charge in [-0.15, -0.1) is 0 Å². The Kier molecular flexibility index (Phi) is 3.02. The molecule has 4 nitrogen and oxygen atoms in total. The van der Waals surface area contributed by atoms with Gasteiger partial charge in [-0.3, -0.25) is 14.5 Å². The van der Waals surface area contributed by atoms with Crippen LogP contribution in [0, 0.1) is 11.8 Å². The van der Waals surface area contributed by atoms with Gasteiger partial charge in [0, 0.05) is 23.9 Å². The monoisotopic (exact) mass is 224 g/mol. The fourth-order valence-corrected chi connectivity index (χ4v) is 2.69. The van der Waals surface area contributed by atoms with E-state index in [4.69, 9.17) is 5.73 Å². The van der Waals surface area contributed by atoms with Crippen molar-refractivity contribution in [3.63, 3.8) is 0 Å². The van der Waals surface area contributed by atoms with Gasteiger partial charge in [-0.05, 0) is 25.7 Å².